The number of benzene rings is 1. The molecule has 0 saturated heterocycles. The zero-order valence-corrected chi connectivity index (χ0v) is 15.7. The highest BCUT2D eigenvalue weighted by Gasteiger charge is 2.20. The van der Waals surface area contributed by atoms with Gasteiger partial charge in [-0.25, -0.2) is 0 Å². The molecule has 0 radical (unpaired) electrons. The van der Waals surface area contributed by atoms with Gasteiger partial charge in [-0.2, -0.15) is 16.3 Å². The van der Waals surface area contributed by atoms with Crippen molar-refractivity contribution in [2.75, 3.05) is 7.11 Å². The Morgan fingerprint density at radius 3 is 2.67 bits per heavy atom. The van der Waals surface area contributed by atoms with Crippen molar-refractivity contribution in [3.63, 3.8) is 0 Å². The molecule has 2 heterocycles. The second-order valence-corrected chi connectivity index (χ2v) is 6.53. The number of aromatic nitrogens is 2. The Bertz CT molecular complexity index is 903. The molecule has 0 fully saturated rings. The van der Waals surface area contributed by atoms with Crippen LogP contribution in [0.2, 0.25) is 0 Å². The highest BCUT2D eigenvalue weighted by Crippen LogP contribution is 2.19. The van der Waals surface area contributed by atoms with Crippen LogP contribution < -0.4 is 4.74 Å². The summed E-state index contributed by atoms with van der Waals surface area (Å²) in [5.41, 5.74) is 1.32. The van der Waals surface area contributed by atoms with E-state index < -0.39 is 12.1 Å². The van der Waals surface area contributed by atoms with Gasteiger partial charge in [0, 0.05) is 22.9 Å². The van der Waals surface area contributed by atoms with Gasteiger partial charge in [0.2, 0.25) is 17.5 Å². The molecule has 2 aromatic heterocycles. The Hall–Kier alpha value is -3.00. The SMILES string of the molecule is COc1ccc(C(=O)[C@H](C)OC(=O)CCc2nc(-c3ccsc3)no2)cc1. The second-order valence-electron chi connectivity index (χ2n) is 5.75. The third kappa shape index (κ3) is 4.79. The third-order valence-corrected chi connectivity index (χ3v) is 4.53. The van der Waals surface area contributed by atoms with Crippen LogP contribution >= 0.6 is 11.3 Å². The van der Waals surface area contributed by atoms with Crippen molar-refractivity contribution in [2.45, 2.75) is 25.9 Å². The lowest BCUT2D eigenvalue weighted by Gasteiger charge is -2.12. The fraction of sp³-hybridized carbons (Fsp3) is 0.263. The molecule has 0 unspecified atom stereocenters. The largest absolute Gasteiger partial charge is 0.497 e. The fourth-order valence-electron chi connectivity index (χ4n) is 2.37. The molecule has 0 aliphatic carbocycles. The number of hydrogen-bond acceptors (Lipinski definition) is 8. The zero-order chi connectivity index (χ0) is 19.2. The van der Waals surface area contributed by atoms with Gasteiger partial charge in [0.05, 0.1) is 13.5 Å². The summed E-state index contributed by atoms with van der Waals surface area (Å²) in [4.78, 5) is 28.6. The summed E-state index contributed by atoms with van der Waals surface area (Å²) in [6.07, 6.45) is -0.583. The summed E-state index contributed by atoms with van der Waals surface area (Å²) in [5.74, 6) is 0.714. The number of carbonyl (C=O) groups is 2. The maximum atomic E-state index is 12.3. The first-order chi connectivity index (χ1) is 13.1. The number of thiophene rings is 1. The molecule has 0 aliphatic rings. The van der Waals surface area contributed by atoms with Gasteiger partial charge in [-0.3, -0.25) is 9.59 Å². The van der Waals surface area contributed by atoms with Crippen LogP contribution in [0.15, 0.2) is 45.6 Å². The smallest absolute Gasteiger partial charge is 0.307 e. The number of esters is 1. The highest BCUT2D eigenvalue weighted by atomic mass is 32.1. The maximum absolute atomic E-state index is 12.3. The minimum absolute atomic E-state index is 0.0471. The van der Waals surface area contributed by atoms with Crippen LogP contribution in [0.25, 0.3) is 11.4 Å². The predicted octanol–water partition coefficient (Wildman–Crippen LogP) is 3.55. The van der Waals surface area contributed by atoms with E-state index in [1.54, 1.807) is 38.3 Å². The maximum Gasteiger partial charge on any atom is 0.307 e. The lowest BCUT2D eigenvalue weighted by Crippen LogP contribution is -2.24. The number of ketones is 1. The number of ether oxygens (including phenoxy) is 2. The van der Waals surface area contributed by atoms with Gasteiger partial charge in [0.1, 0.15) is 5.75 Å². The molecule has 0 bridgehead atoms. The van der Waals surface area contributed by atoms with Crippen molar-refractivity contribution in [3.05, 3.63) is 52.5 Å². The lowest BCUT2D eigenvalue weighted by molar-refractivity contribution is -0.146. The van der Waals surface area contributed by atoms with Crippen LogP contribution in [0.5, 0.6) is 5.75 Å². The molecule has 1 aromatic carbocycles. The van der Waals surface area contributed by atoms with Crippen LogP contribution in [0.4, 0.5) is 0 Å². The summed E-state index contributed by atoms with van der Waals surface area (Å²) >= 11 is 1.54. The van der Waals surface area contributed by atoms with E-state index in [0.29, 0.717) is 23.0 Å². The van der Waals surface area contributed by atoms with Crippen LogP contribution in [0, 0.1) is 0 Å². The predicted molar refractivity (Wildman–Crippen MR) is 98.8 cm³/mol. The van der Waals surface area contributed by atoms with Crippen molar-refractivity contribution >= 4 is 23.1 Å². The Morgan fingerprint density at radius 1 is 1.22 bits per heavy atom. The Balaban J connectivity index is 1.50. The number of aryl methyl sites for hydroxylation is 1. The molecular formula is C19H18N2O5S. The molecule has 7 nitrogen and oxygen atoms in total. The van der Waals surface area contributed by atoms with E-state index in [9.17, 15) is 9.59 Å². The van der Waals surface area contributed by atoms with Crippen molar-refractivity contribution in [2.24, 2.45) is 0 Å². The van der Waals surface area contributed by atoms with E-state index in [1.807, 2.05) is 16.8 Å². The molecule has 8 heteroatoms. The Labute approximate surface area is 159 Å². The van der Waals surface area contributed by atoms with E-state index in [1.165, 1.54) is 11.3 Å². The second kappa shape index (κ2) is 8.59. The topological polar surface area (TPSA) is 91.5 Å². The van der Waals surface area contributed by atoms with Crippen LogP contribution in [-0.2, 0) is 16.0 Å². The van der Waals surface area contributed by atoms with E-state index in [4.69, 9.17) is 14.0 Å². The van der Waals surface area contributed by atoms with E-state index in [0.717, 1.165) is 5.56 Å². The van der Waals surface area contributed by atoms with Gasteiger partial charge in [0.25, 0.3) is 0 Å². The van der Waals surface area contributed by atoms with Crippen molar-refractivity contribution in [1.82, 2.24) is 10.1 Å². The quantitative estimate of drug-likeness (QED) is 0.432. The first kappa shape index (κ1) is 18.8. The minimum atomic E-state index is -0.880. The van der Waals surface area contributed by atoms with Crippen LogP contribution in [0.1, 0.15) is 29.6 Å². The molecule has 27 heavy (non-hydrogen) atoms. The minimum Gasteiger partial charge on any atom is -0.497 e. The van der Waals surface area contributed by atoms with Crippen molar-refractivity contribution in [1.29, 1.82) is 0 Å². The van der Waals surface area contributed by atoms with Gasteiger partial charge in [-0.15, -0.1) is 0 Å². The Morgan fingerprint density at radius 2 is 2.00 bits per heavy atom. The lowest BCUT2D eigenvalue weighted by atomic mass is 10.1. The number of carbonyl (C=O) groups excluding carboxylic acids is 2. The summed E-state index contributed by atoms with van der Waals surface area (Å²) < 4.78 is 15.4. The van der Waals surface area contributed by atoms with Gasteiger partial charge in [-0.05, 0) is 42.6 Å². The van der Waals surface area contributed by atoms with E-state index >= 15 is 0 Å². The third-order valence-electron chi connectivity index (χ3n) is 3.84. The van der Waals surface area contributed by atoms with Gasteiger partial charge >= 0.3 is 5.97 Å². The molecule has 0 N–H and O–H groups in total. The molecule has 0 saturated carbocycles. The highest BCUT2D eigenvalue weighted by molar-refractivity contribution is 7.08. The van der Waals surface area contributed by atoms with E-state index in [2.05, 4.69) is 10.1 Å². The molecule has 3 rings (SSSR count). The number of methoxy groups -OCH3 is 1. The number of Topliss-reactive ketones (excluding diaryl/α,β-unsaturated/α-hetero) is 1. The average Bonchev–Trinajstić information content (AvgIpc) is 3.37. The monoisotopic (exact) mass is 386 g/mol. The number of nitrogens with zero attached hydrogens (tertiary/aromatic N) is 2. The molecule has 3 aromatic rings. The van der Waals surface area contributed by atoms with Crippen molar-refractivity contribution < 1.29 is 23.6 Å². The summed E-state index contributed by atoms with van der Waals surface area (Å²) in [7, 11) is 1.55. The first-order valence-corrected chi connectivity index (χ1v) is 9.24. The van der Waals surface area contributed by atoms with Gasteiger partial charge in [-0.1, -0.05) is 5.16 Å². The number of hydrogen-bond donors (Lipinski definition) is 0. The summed E-state index contributed by atoms with van der Waals surface area (Å²) in [5, 5.41) is 7.72. The van der Waals surface area contributed by atoms with Crippen LogP contribution in [0.3, 0.4) is 0 Å². The molecule has 0 aliphatic heterocycles. The molecule has 1 atom stereocenters. The zero-order valence-electron chi connectivity index (χ0n) is 14.9. The summed E-state index contributed by atoms with van der Waals surface area (Å²) in [6, 6.07) is 8.52. The average molecular weight is 386 g/mol. The fourth-order valence-corrected chi connectivity index (χ4v) is 3.01. The first-order valence-electron chi connectivity index (χ1n) is 8.29. The van der Waals surface area contributed by atoms with Gasteiger partial charge in [0.15, 0.2) is 6.10 Å². The molecule has 0 amide bonds. The van der Waals surface area contributed by atoms with Crippen LogP contribution in [-0.4, -0.2) is 35.1 Å². The number of rotatable bonds is 8. The molecular weight excluding hydrogens is 368 g/mol. The normalized spacial score (nSPS) is 11.8. The van der Waals surface area contributed by atoms with Gasteiger partial charge < -0.3 is 14.0 Å². The Kier molecular flexibility index (Phi) is 5.97. The molecule has 0 spiro atoms. The van der Waals surface area contributed by atoms with E-state index in [-0.39, 0.29) is 18.6 Å². The summed E-state index contributed by atoms with van der Waals surface area (Å²) in [6.45, 7) is 1.55. The van der Waals surface area contributed by atoms with Crippen molar-refractivity contribution in [3.8, 4) is 17.1 Å². The standard InChI is InChI=1S/C19H18N2O5S/c1-12(18(23)13-3-5-15(24-2)6-4-13)25-17(22)8-7-16-20-19(21-26-16)14-9-10-27-11-14/h3-6,9-12H,7-8H2,1-2H3/t12-/m0/s1. The molecule has 140 valence electrons.